The maximum Gasteiger partial charge on any atom is 0.223 e. The van der Waals surface area contributed by atoms with Crippen molar-refractivity contribution < 1.29 is 14.0 Å². The SMILES string of the molecule is COc1cc(-c2noc(C)n2)c(C(=N)/N=C(/C)P)cc1OCc1ccccc1. The van der Waals surface area contributed by atoms with Crippen LogP contribution in [0.25, 0.3) is 11.4 Å². The lowest BCUT2D eigenvalue weighted by Gasteiger charge is -2.15. The van der Waals surface area contributed by atoms with Crippen molar-refractivity contribution >= 4 is 20.5 Å². The van der Waals surface area contributed by atoms with E-state index >= 15 is 0 Å². The molecule has 2 aromatic carbocycles. The Morgan fingerprint density at radius 2 is 1.96 bits per heavy atom. The third-order valence-corrected chi connectivity index (χ3v) is 3.98. The number of methoxy groups -OCH3 is 1. The van der Waals surface area contributed by atoms with Crippen LogP contribution in [0.2, 0.25) is 0 Å². The normalized spacial score (nSPS) is 11.4. The summed E-state index contributed by atoms with van der Waals surface area (Å²) in [5.41, 5.74) is 2.81. The molecule has 0 fully saturated rings. The largest absolute Gasteiger partial charge is 0.493 e. The van der Waals surface area contributed by atoms with E-state index < -0.39 is 0 Å². The average molecular weight is 396 g/mol. The van der Waals surface area contributed by atoms with Crippen LogP contribution in [0, 0.1) is 12.3 Å². The molecule has 0 aliphatic rings. The minimum atomic E-state index is 0.0668. The van der Waals surface area contributed by atoms with Crippen LogP contribution in [0.1, 0.15) is 23.9 Å². The molecular formula is C20H21N4O3P. The monoisotopic (exact) mass is 396 g/mol. The molecule has 7 nitrogen and oxygen atoms in total. The van der Waals surface area contributed by atoms with Gasteiger partial charge in [0.2, 0.25) is 11.7 Å². The fourth-order valence-electron chi connectivity index (χ4n) is 2.59. The van der Waals surface area contributed by atoms with E-state index in [1.165, 1.54) is 0 Å². The van der Waals surface area contributed by atoms with Crippen molar-refractivity contribution in [1.29, 1.82) is 5.41 Å². The third kappa shape index (κ3) is 4.61. The predicted molar refractivity (Wildman–Crippen MR) is 111 cm³/mol. The zero-order chi connectivity index (χ0) is 20.1. The fraction of sp³-hybridized carbons (Fsp3) is 0.200. The molecule has 28 heavy (non-hydrogen) atoms. The summed E-state index contributed by atoms with van der Waals surface area (Å²) in [6.07, 6.45) is 0. The number of aliphatic imine (C=N–C) groups is 1. The van der Waals surface area contributed by atoms with Crippen LogP contribution in [-0.2, 0) is 6.61 Å². The highest BCUT2D eigenvalue weighted by Gasteiger charge is 2.19. The molecule has 1 aromatic heterocycles. The average Bonchev–Trinajstić information content (AvgIpc) is 3.12. The van der Waals surface area contributed by atoms with Gasteiger partial charge in [-0.15, -0.1) is 0 Å². The lowest BCUT2D eigenvalue weighted by atomic mass is 10.0. The minimum absolute atomic E-state index is 0.0668. The third-order valence-electron chi connectivity index (χ3n) is 3.85. The maximum absolute atomic E-state index is 8.39. The Morgan fingerprint density at radius 3 is 2.57 bits per heavy atom. The summed E-state index contributed by atoms with van der Waals surface area (Å²) >= 11 is 0. The van der Waals surface area contributed by atoms with Gasteiger partial charge in [-0.2, -0.15) is 4.98 Å². The van der Waals surface area contributed by atoms with Crippen LogP contribution in [0.5, 0.6) is 11.5 Å². The molecule has 0 saturated heterocycles. The molecular weight excluding hydrogens is 375 g/mol. The number of nitrogens with zero attached hydrogens (tertiary/aromatic N) is 3. The van der Waals surface area contributed by atoms with Gasteiger partial charge >= 0.3 is 0 Å². The zero-order valence-corrected chi connectivity index (χ0v) is 17.0. The Hall–Kier alpha value is -3.05. The molecule has 0 aliphatic carbocycles. The van der Waals surface area contributed by atoms with E-state index in [9.17, 15) is 0 Å². The second-order valence-electron chi connectivity index (χ2n) is 6.06. The van der Waals surface area contributed by atoms with E-state index in [4.69, 9.17) is 19.4 Å². The Balaban J connectivity index is 2.05. The van der Waals surface area contributed by atoms with Gasteiger partial charge in [0, 0.05) is 23.5 Å². The first-order chi connectivity index (χ1) is 13.5. The van der Waals surface area contributed by atoms with Crippen LogP contribution in [0.3, 0.4) is 0 Å². The first kappa shape index (κ1) is 19.7. The molecule has 0 saturated carbocycles. The van der Waals surface area contributed by atoms with E-state index in [0.717, 1.165) is 5.56 Å². The summed E-state index contributed by atoms with van der Waals surface area (Å²) in [4.78, 5) is 8.51. The number of aryl methyl sites for hydroxylation is 1. The lowest BCUT2D eigenvalue weighted by molar-refractivity contribution is 0.284. The summed E-state index contributed by atoms with van der Waals surface area (Å²) in [5.74, 6) is 1.88. The summed E-state index contributed by atoms with van der Waals surface area (Å²) < 4.78 is 16.6. The van der Waals surface area contributed by atoms with E-state index in [1.54, 1.807) is 33.1 Å². The van der Waals surface area contributed by atoms with Gasteiger partial charge in [-0.05, 0) is 24.6 Å². The number of hydrogen-bond donors (Lipinski definition) is 1. The molecule has 1 heterocycles. The molecule has 0 amide bonds. The van der Waals surface area contributed by atoms with E-state index in [0.29, 0.717) is 46.4 Å². The Bertz CT molecular complexity index is 1010. The Kier molecular flexibility index (Phi) is 6.16. The molecule has 1 unspecified atom stereocenters. The van der Waals surface area contributed by atoms with Gasteiger partial charge in [-0.1, -0.05) is 44.7 Å². The van der Waals surface area contributed by atoms with Crippen LogP contribution < -0.4 is 9.47 Å². The van der Waals surface area contributed by atoms with Crippen molar-refractivity contribution in [1.82, 2.24) is 10.1 Å². The van der Waals surface area contributed by atoms with Crippen LogP contribution in [0.4, 0.5) is 0 Å². The highest BCUT2D eigenvalue weighted by atomic mass is 31.0. The van der Waals surface area contributed by atoms with Crippen LogP contribution in [-0.4, -0.2) is 28.5 Å². The molecule has 0 spiro atoms. The Labute approximate surface area is 165 Å². The smallest absolute Gasteiger partial charge is 0.223 e. The van der Waals surface area contributed by atoms with Gasteiger partial charge in [0.05, 0.1) is 7.11 Å². The number of hydrogen-bond acceptors (Lipinski definition) is 6. The van der Waals surface area contributed by atoms with Crippen molar-refractivity contribution in [2.24, 2.45) is 4.99 Å². The maximum atomic E-state index is 8.39. The molecule has 0 radical (unpaired) electrons. The Morgan fingerprint density at radius 1 is 1.21 bits per heavy atom. The number of rotatable bonds is 6. The molecule has 1 N–H and O–H groups in total. The highest BCUT2D eigenvalue weighted by molar-refractivity contribution is 7.40. The molecule has 8 heteroatoms. The van der Waals surface area contributed by atoms with Crippen molar-refractivity contribution in [2.45, 2.75) is 20.5 Å². The highest BCUT2D eigenvalue weighted by Crippen LogP contribution is 2.36. The molecule has 0 bridgehead atoms. The van der Waals surface area contributed by atoms with Crippen molar-refractivity contribution in [2.75, 3.05) is 7.11 Å². The van der Waals surface area contributed by atoms with Gasteiger partial charge in [0.25, 0.3) is 0 Å². The molecule has 1 atom stereocenters. The predicted octanol–water partition coefficient (Wildman–Crippen LogP) is 4.25. The summed E-state index contributed by atoms with van der Waals surface area (Å²) in [5, 5.41) is 12.4. The van der Waals surface area contributed by atoms with E-state index in [2.05, 4.69) is 24.4 Å². The van der Waals surface area contributed by atoms with Crippen molar-refractivity contribution in [3.05, 3.63) is 59.5 Å². The second-order valence-corrected chi connectivity index (χ2v) is 6.90. The summed E-state index contributed by atoms with van der Waals surface area (Å²) in [7, 11) is 4.03. The minimum Gasteiger partial charge on any atom is -0.493 e. The van der Waals surface area contributed by atoms with Gasteiger partial charge in [0.15, 0.2) is 17.3 Å². The van der Waals surface area contributed by atoms with E-state index in [-0.39, 0.29) is 5.84 Å². The second kappa shape index (κ2) is 8.76. The number of benzene rings is 2. The first-order valence-corrected chi connectivity index (χ1v) is 9.14. The zero-order valence-electron chi connectivity index (χ0n) is 15.9. The molecule has 3 aromatic rings. The van der Waals surface area contributed by atoms with Gasteiger partial charge < -0.3 is 14.0 Å². The standard InChI is InChI=1S/C20H21N4O3P/c1-12-22-20(24-27-12)16-10-17(25-3)18(9-15(16)19(21)23-13(2)28)26-11-14-7-5-4-6-8-14/h4-10,21H,11,28H2,1-3H3/b21-19?,23-13-. The van der Waals surface area contributed by atoms with Gasteiger partial charge in [-0.3, -0.25) is 5.41 Å². The van der Waals surface area contributed by atoms with E-state index in [1.807, 2.05) is 30.3 Å². The van der Waals surface area contributed by atoms with Crippen LogP contribution >= 0.6 is 9.24 Å². The number of ether oxygens (including phenoxy) is 2. The first-order valence-electron chi connectivity index (χ1n) is 8.57. The molecule has 144 valence electrons. The lowest BCUT2D eigenvalue weighted by Crippen LogP contribution is -2.05. The molecule has 0 aliphatic heterocycles. The number of aromatic nitrogens is 2. The van der Waals surface area contributed by atoms with Crippen molar-refractivity contribution in [3.8, 4) is 22.9 Å². The topological polar surface area (TPSA) is 93.6 Å². The quantitative estimate of drug-likeness (QED) is 0.382. The van der Waals surface area contributed by atoms with Gasteiger partial charge in [-0.25, -0.2) is 4.99 Å². The molecule has 3 rings (SSSR count). The van der Waals surface area contributed by atoms with Crippen molar-refractivity contribution in [3.63, 3.8) is 0 Å². The summed E-state index contributed by atoms with van der Waals surface area (Å²) in [6, 6.07) is 13.3. The van der Waals surface area contributed by atoms with Crippen LogP contribution in [0.15, 0.2) is 52.0 Å². The number of amidine groups is 1. The summed E-state index contributed by atoms with van der Waals surface area (Å²) in [6.45, 7) is 3.88. The number of nitrogens with one attached hydrogen (secondary N) is 1. The van der Waals surface area contributed by atoms with Gasteiger partial charge in [0.1, 0.15) is 6.61 Å². The fourth-order valence-corrected chi connectivity index (χ4v) is 2.72.